The predicted octanol–water partition coefficient (Wildman–Crippen LogP) is 4.28. The molecule has 0 aliphatic heterocycles. The number of rotatable bonds is 6. The third kappa shape index (κ3) is 5.03. The van der Waals surface area contributed by atoms with E-state index >= 15 is 0 Å². The molecule has 6 nitrogen and oxygen atoms in total. The van der Waals surface area contributed by atoms with Crippen molar-refractivity contribution >= 4 is 40.8 Å². The van der Waals surface area contributed by atoms with Crippen LogP contribution in [0.5, 0.6) is 11.5 Å². The number of carbonyl (C=O) groups excluding carboxylic acids is 2. The number of phenols is 1. The Morgan fingerprint density at radius 3 is 2.62 bits per heavy atom. The number of amides is 1. The van der Waals surface area contributed by atoms with Gasteiger partial charge in [0.2, 0.25) is 0 Å². The fraction of sp³-hybridized carbons (Fsp3) is 0.222. The van der Waals surface area contributed by atoms with Crippen molar-refractivity contribution in [1.29, 1.82) is 0 Å². The molecule has 26 heavy (non-hydrogen) atoms. The molecule has 0 saturated carbocycles. The van der Waals surface area contributed by atoms with Crippen LogP contribution in [-0.2, 0) is 9.53 Å². The number of aromatic hydroxyl groups is 1. The molecule has 2 aromatic carbocycles. The monoisotopic (exact) mass is 397 g/mol. The summed E-state index contributed by atoms with van der Waals surface area (Å²) in [5, 5.41) is 12.8. The van der Waals surface area contributed by atoms with Crippen LogP contribution in [-0.4, -0.2) is 29.7 Å². The van der Waals surface area contributed by atoms with Gasteiger partial charge in [0.25, 0.3) is 5.91 Å². The van der Waals surface area contributed by atoms with Gasteiger partial charge >= 0.3 is 5.97 Å². The molecule has 1 atom stereocenters. The van der Waals surface area contributed by atoms with Crippen LogP contribution in [0.1, 0.15) is 24.2 Å². The molecule has 0 bridgehead atoms. The normalized spacial score (nSPS) is 11.5. The van der Waals surface area contributed by atoms with Gasteiger partial charge in [-0.2, -0.15) is 0 Å². The average Bonchev–Trinajstić information content (AvgIpc) is 2.58. The molecule has 2 rings (SSSR count). The first-order valence-electron chi connectivity index (χ1n) is 7.74. The second kappa shape index (κ2) is 8.78. The van der Waals surface area contributed by atoms with Crippen molar-refractivity contribution in [3.63, 3.8) is 0 Å². The molecule has 0 unspecified atom stereocenters. The van der Waals surface area contributed by atoms with Crippen molar-refractivity contribution in [1.82, 2.24) is 0 Å². The van der Waals surface area contributed by atoms with Crippen LogP contribution in [0.15, 0.2) is 36.4 Å². The third-order valence-electron chi connectivity index (χ3n) is 3.31. The maximum atomic E-state index is 12.3. The quantitative estimate of drug-likeness (QED) is 0.710. The summed E-state index contributed by atoms with van der Waals surface area (Å²) in [7, 11) is 0. The summed E-state index contributed by atoms with van der Waals surface area (Å²) >= 11 is 11.7. The molecule has 0 aliphatic rings. The Balaban J connectivity index is 2.07. The van der Waals surface area contributed by atoms with E-state index < -0.39 is 18.0 Å². The molecule has 138 valence electrons. The number of hydrogen-bond donors (Lipinski definition) is 2. The van der Waals surface area contributed by atoms with Crippen molar-refractivity contribution in [2.75, 3.05) is 11.9 Å². The Bertz CT molecular complexity index is 825. The van der Waals surface area contributed by atoms with E-state index in [0.717, 1.165) is 0 Å². The van der Waals surface area contributed by atoms with Crippen molar-refractivity contribution in [3.05, 3.63) is 52.0 Å². The molecule has 0 aliphatic carbocycles. The van der Waals surface area contributed by atoms with E-state index in [0.29, 0.717) is 10.7 Å². The van der Waals surface area contributed by atoms with E-state index in [2.05, 4.69) is 5.32 Å². The zero-order chi connectivity index (χ0) is 19.3. The van der Waals surface area contributed by atoms with Gasteiger partial charge < -0.3 is 19.9 Å². The number of ether oxygens (including phenoxy) is 2. The number of anilines is 1. The highest BCUT2D eigenvalue weighted by molar-refractivity contribution is 6.32. The van der Waals surface area contributed by atoms with Crippen molar-refractivity contribution in [2.24, 2.45) is 0 Å². The van der Waals surface area contributed by atoms with Gasteiger partial charge in [0.1, 0.15) is 0 Å². The lowest BCUT2D eigenvalue weighted by Gasteiger charge is -2.15. The lowest BCUT2D eigenvalue weighted by atomic mass is 10.2. The number of hydrogen-bond acceptors (Lipinski definition) is 5. The van der Waals surface area contributed by atoms with Crippen LogP contribution < -0.4 is 10.1 Å². The molecule has 2 N–H and O–H groups in total. The average molecular weight is 398 g/mol. The molecule has 8 heteroatoms. The topological polar surface area (TPSA) is 84.9 Å². The van der Waals surface area contributed by atoms with Crippen LogP contribution in [0.2, 0.25) is 10.0 Å². The minimum atomic E-state index is -1.07. The minimum absolute atomic E-state index is 0.0543. The van der Waals surface area contributed by atoms with E-state index in [1.807, 2.05) is 0 Å². The van der Waals surface area contributed by atoms with Crippen LogP contribution >= 0.6 is 23.2 Å². The summed E-state index contributed by atoms with van der Waals surface area (Å²) in [5.41, 5.74) is 0.537. The summed E-state index contributed by atoms with van der Waals surface area (Å²) < 4.78 is 10.4. The highest BCUT2D eigenvalue weighted by atomic mass is 35.5. The number of halogens is 2. The first-order chi connectivity index (χ1) is 12.3. The van der Waals surface area contributed by atoms with Gasteiger partial charge in [-0.05, 0) is 44.2 Å². The summed E-state index contributed by atoms with van der Waals surface area (Å²) in [6.07, 6.45) is -1.07. The van der Waals surface area contributed by atoms with Gasteiger partial charge in [0, 0.05) is 10.7 Å². The predicted molar refractivity (Wildman–Crippen MR) is 99.2 cm³/mol. The van der Waals surface area contributed by atoms with Crippen LogP contribution in [0.25, 0.3) is 0 Å². The summed E-state index contributed by atoms with van der Waals surface area (Å²) in [6, 6.07) is 9.13. The second-order valence-electron chi connectivity index (χ2n) is 5.28. The van der Waals surface area contributed by atoms with Crippen LogP contribution in [0, 0.1) is 0 Å². The number of benzene rings is 2. The third-order valence-corrected chi connectivity index (χ3v) is 3.83. The zero-order valence-corrected chi connectivity index (χ0v) is 15.6. The summed E-state index contributed by atoms with van der Waals surface area (Å²) in [4.78, 5) is 24.4. The molecule has 0 saturated heterocycles. The minimum Gasteiger partial charge on any atom is -0.503 e. The Morgan fingerprint density at radius 2 is 1.96 bits per heavy atom. The fourth-order valence-corrected chi connectivity index (χ4v) is 2.45. The largest absolute Gasteiger partial charge is 0.503 e. The smallest absolute Gasteiger partial charge is 0.339 e. The van der Waals surface area contributed by atoms with E-state index in [4.69, 9.17) is 32.7 Å². The second-order valence-corrected chi connectivity index (χ2v) is 6.13. The summed E-state index contributed by atoms with van der Waals surface area (Å²) in [5.74, 6) is -1.50. The van der Waals surface area contributed by atoms with Gasteiger partial charge in [-0.1, -0.05) is 29.3 Å². The standard InChI is InChI=1S/C18H17Cl2NO5/c1-3-25-15-8-11(7-14(20)16(15)22)18(24)26-10(2)17(23)21-13-6-4-5-12(19)9-13/h4-10,22H,3H2,1-2H3,(H,21,23)/t10-/m0/s1. The number of phenolic OH excluding ortho intramolecular Hbond substituents is 1. The fourth-order valence-electron chi connectivity index (χ4n) is 2.05. The molecular weight excluding hydrogens is 381 g/mol. The molecule has 0 spiro atoms. The molecule has 0 radical (unpaired) electrons. The highest BCUT2D eigenvalue weighted by Gasteiger charge is 2.21. The molecule has 0 heterocycles. The zero-order valence-electron chi connectivity index (χ0n) is 14.1. The summed E-state index contributed by atoms with van der Waals surface area (Å²) in [6.45, 7) is 3.44. The van der Waals surface area contributed by atoms with Gasteiger partial charge in [-0.3, -0.25) is 4.79 Å². The maximum Gasteiger partial charge on any atom is 0.339 e. The molecule has 2 aromatic rings. The Morgan fingerprint density at radius 1 is 1.23 bits per heavy atom. The lowest BCUT2D eigenvalue weighted by molar-refractivity contribution is -0.123. The highest BCUT2D eigenvalue weighted by Crippen LogP contribution is 2.35. The van der Waals surface area contributed by atoms with Gasteiger partial charge in [0.15, 0.2) is 17.6 Å². The maximum absolute atomic E-state index is 12.3. The lowest BCUT2D eigenvalue weighted by Crippen LogP contribution is -2.30. The Labute approximate surface area is 160 Å². The van der Waals surface area contributed by atoms with Gasteiger partial charge in [0.05, 0.1) is 17.2 Å². The van der Waals surface area contributed by atoms with E-state index in [1.165, 1.54) is 19.1 Å². The first-order valence-corrected chi connectivity index (χ1v) is 8.50. The van der Waals surface area contributed by atoms with Crippen LogP contribution in [0.4, 0.5) is 5.69 Å². The van der Waals surface area contributed by atoms with Gasteiger partial charge in [-0.25, -0.2) is 4.79 Å². The molecule has 0 aromatic heterocycles. The molecular formula is C18H17Cl2NO5. The van der Waals surface area contributed by atoms with E-state index in [9.17, 15) is 14.7 Å². The van der Waals surface area contributed by atoms with Gasteiger partial charge in [-0.15, -0.1) is 0 Å². The Hall–Kier alpha value is -2.44. The number of esters is 1. The van der Waals surface area contributed by atoms with Crippen molar-refractivity contribution in [2.45, 2.75) is 20.0 Å². The van der Waals surface area contributed by atoms with Crippen LogP contribution in [0.3, 0.4) is 0 Å². The van der Waals surface area contributed by atoms with Crippen molar-refractivity contribution < 1.29 is 24.2 Å². The Kier molecular flexibility index (Phi) is 6.71. The van der Waals surface area contributed by atoms with E-state index in [1.54, 1.807) is 31.2 Å². The number of carbonyl (C=O) groups is 2. The molecule has 0 fully saturated rings. The first kappa shape index (κ1) is 19.9. The number of nitrogens with one attached hydrogen (secondary N) is 1. The van der Waals surface area contributed by atoms with E-state index in [-0.39, 0.29) is 28.7 Å². The SMILES string of the molecule is CCOc1cc(C(=O)O[C@@H](C)C(=O)Nc2cccc(Cl)c2)cc(Cl)c1O. The van der Waals surface area contributed by atoms with Crippen molar-refractivity contribution in [3.8, 4) is 11.5 Å². The molecule has 1 amide bonds.